The van der Waals surface area contributed by atoms with Crippen LogP contribution < -0.4 is 0 Å². The van der Waals surface area contributed by atoms with Crippen molar-refractivity contribution >= 4 is 5.71 Å². The van der Waals surface area contributed by atoms with Crippen molar-refractivity contribution in [3.8, 4) is 0 Å². The number of hydrogen-bond donors (Lipinski definition) is 1. The minimum Gasteiger partial charge on any atom is -0.304 e. The van der Waals surface area contributed by atoms with Gasteiger partial charge in [-0.25, -0.2) is 0 Å². The van der Waals surface area contributed by atoms with Crippen molar-refractivity contribution in [2.45, 2.75) is 25.9 Å². The lowest BCUT2D eigenvalue weighted by Crippen LogP contribution is -2.44. The Labute approximate surface area is 143 Å². The van der Waals surface area contributed by atoms with Crippen LogP contribution in [0.4, 0.5) is 0 Å². The highest BCUT2D eigenvalue weighted by molar-refractivity contribution is 6.01. The van der Waals surface area contributed by atoms with Crippen molar-refractivity contribution in [3.63, 3.8) is 0 Å². The maximum atomic E-state index is 4.88. The fourth-order valence-corrected chi connectivity index (χ4v) is 3.78. The molecule has 5 nitrogen and oxygen atoms in total. The second-order valence-electron chi connectivity index (χ2n) is 6.96. The molecule has 2 aliphatic rings. The number of benzene rings is 1. The highest BCUT2D eigenvalue weighted by atomic mass is 15.2. The predicted molar refractivity (Wildman–Crippen MR) is 96.5 cm³/mol. The molecule has 1 atom stereocenters. The second-order valence-corrected chi connectivity index (χ2v) is 6.96. The summed E-state index contributed by atoms with van der Waals surface area (Å²) in [6.45, 7) is 7.78. The van der Waals surface area contributed by atoms with Gasteiger partial charge in [0.05, 0.1) is 11.7 Å². The van der Waals surface area contributed by atoms with Gasteiger partial charge in [-0.15, -0.1) is 0 Å². The first-order valence-corrected chi connectivity index (χ1v) is 8.77. The number of fused-ring (bicyclic) bond motifs is 1. The van der Waals surface area contributed by atoms with E-state index in [4.69, 9.17) is 4.99 Å². The van der Waals surface area contributed by atoms with E-state index in [0.29, 0.717) is 0 Å². The number of H-pyrrole nitrogens is 1. The van der Waals surface area contributed by atoms with Gasteiger partial charge in [0.25, 0.3) is 0 Å². The Morgan fingerprint density at radius 1 is 1.17 bits per heavy atom. The molecule has 1 unspecified atom stereocenters. The number of hydrogen-bond acceptors (Lipinski definition) is 4. The SMILES string of the molecule is CC1=NC(c2cc[nH]n2)Cc2c(CN3CCN(C)CC3)cccc21. The molecule has 1 N–H and O–H groups in total. The number of nitrogens with zero attached hydrogens (tertiary/aromatic N) is 4. The molecule has 0 radical (unpaired) electrons. The highest BCUT2D eigenvalue weighted by Gasteiger charge is 2.24. The van der Waals surface area contributed by atoms with Crippen LogP contribution in [-0.2, 0) is 13.0 Å². The van der Waals surface area contributed by atoms with E-state index < -0.39 is 0 Å². The Morgan fingerprint density at radius 3 is 2.75 bits per heavy atom. The molecule has 1 fully saturated rings. The maximum absolute atomic E-state index is 4.88. The van der Waals surface area contributed by atoms with Gasteiger partial charge in [0, 0.05) is 51.1 Å². The van der Waals surface area contributed by atoms with Crippen LogP contribution >= 0.6 is 0 Å². The summed E-state index contributed by atoms with van der Waals surface area (Å²) in [5, 5.41) is 7.27. The molecule has 2 aliphatic heterocycles. The molecular formula is C19H25N5. The van der Waals surface area contributed by atoms with Crippen LogP contribution in [-0.4, -0.2) is 58.9 Å². The smallest absolute Gasteiger partial charge is 0.0981 e. The number of piperazine rings is 1. The number of likely N-dealkylation sites (N-methyl/N-ethyl adjacent to an activating group) is 1. The van der Waals surface area contributed by atoms with Crippen LogP contribution in [0.5, 0.6) is 0 Å². The summed E-state index contributed by atoms with van der Waals surface area (Å²) in [5.41, 5.74) is 6.39. The number of nitrogens with one attached hydrogen (secondary N) is 1. The van der Waals surface area contributed by atoms with E-state index in [1.165, 1.54) is 16.7 Å². The zero-order valence-electron chi connectivity index (χ0n) is 14.5. The normalized spacial score (nSPS) is 22.2. The minimum atomic E-state index is 0.136. The van der Waals surface area contributed by atoms with E-state index in [-0.39, 0.29) is 6.04 Å². The van der Waals surface area contributed by atoms with Gasteiger partial charge >= 0.3 is 0 Å². The molecule has 126 valence electrons. The van der Waals surface area contributed by atoms with Gasteiger partial charge in [-0.05, 0) is 36.7 Å². The lowest BCUT2D eigenvalue weighted by molar-refractivity contribution is 0.148. The summed E-state index contributed by atoms with van der Waals surface area (Å²) in [7, 11) is 2.20. The summed E-state index contributed by atoms with van der Waals surface area (Å²) >= 11 is 0. The topological polar surface area (TPSA) is 47.5 Å². The third-order valence-corrected chi connectivity index (χ3v) is 5.26. The molecule has 1 aromatic carbocycles. The Morgan fingerprint density at radius 2 is 2.00 bits per heavy atom. The number of aromatic amines is 1. The summed E-state index contributed by atoms with van der Waals surface area (Å²) in [4.78, 5) is 9.85. The van der Waals surface area contributed by atoms with Crippen LogP contribution in [0.25, 0.3) is 0 Å². The monoisotopic (exact) mass is 323 g/mol. The van der Waals surface area contributed by atoms with E-state index >= 15 is 0 Å². The fraction of sp³-hybridized carbons (Fsp3) is 0.474. The van der Waals surface area contributed by atoms with E-state index in [1.807, 2.05) is 12.3 Å². The summed E-state index contributed by atoms with van der Waals surface area (Å²) < 4.78 is 0. The lowest BCUT2D eigenvalue weighted by Gasteiger charge is -2.33. The third-order valence-electron chi connectivity index (χ3n) is 5.26. The van der Waals surface area contributed by atoms with Crippen molar-refractivity contribution in [2.75, 3.05) is 33.2 Å². The molecule has 5 heteroatoms. The van der Waals surface area contributed by atoms with Crippen LogP contribution in [0.3, 0.4) is 0 Å². The molecular weight excluding hydrogens is 298 g/mol. The van der Waals surface area contributed by atoms with Crippen molar-refractivity contribution in [1.82, 2.24) is 20.0 Å². The Hall–Kier alpha value is -1.98. The van der Waals surface area contributed by atoms with Gasteiger partial charge in [0.2, 0.25) is 0 Å². The summed E-state index contributed by atoms with van der Waals surface area (Å²) in [5.74, 6) is 0. The summed E-state index contributed by atoms with van der Waals surface area (Å²) in [6, 6.07) is 8.85. The quantitative estimate of drug-likeness (QED) is 0.942. The van der Waals surface area contributed by atoms with Crippen LogP contribution in [0.2, 0.25) is 0 Å². The van der Waals surface area contributed by atoms with Gasteiger partial charge in [-0.3, -0.25) is 15.0 Å². The van der Waals surface area contributed by atoms with Crippen molar-refractivity contribution in [3.05, 3.63) is 52.8 Å². The number of aromatic nitrogens is 2. The minimum absolute atomic E-state index is 0.136. The second kappa shape index (κ2) is 6.49. The lowest BCUT2D eigenvalue weighted by atomic mass is 9.89. The Balaban J connectivity index is 1.60. The molecule has 3 heterocycles. The van der Waals surface area contributed by atoms with Gasteiger partial charge in [0.1, 0.15) is 0 Å². The molecule has 4 rings (SSSR count). The Kier molecular flexibility index (Phi) is 4.21. The first kappa shape index (κ1) is 15.5. The molecule has 0 spiro atoms. The van der Waals surface area contributed by atoms with E-state index in [1.54, 1.807) is 0 Å². The molecule has 0 aliphatic carbocycles. The zero-order chi connectivity index (χ0) is 16.5. The highest BCUT2D eigenvalue weighted by Crippen LogP contribution is 2.31. The van der Waals surface area contributed by atoms with Crippen molar-refractivity contribution in [1.29, 1.82) is 0 Å². The first-order valence-electron chi connectivity index (χ1n) is 8.77. The third kappa shape index (κ3) is 3.01. The van der Waals surface area contributed by atoms with E-state index in [2.05, 4.69) is 52.2 Å². The number of rotatable bonds is 3. The molecule has 0 amide bonds. The number of aliphatic imine (C=N–C) groups is 1. The van der Waals surface area contributed by atoms with Crippen LogP contribution in [0.15, 0.2) is 35.5 Å². The van der Waals surface area contributed by atoms with Crippen molar-refractivity contribution in [2.24, 2.45) is 4.99 Å². The van der Waals surface area contributed by atoms with Gasteiger partial charge in [0.15, 0.2) is 0 Å². The first-order chi connectivity index (χ1) is 11.7. The molecule has 1 saturated heterocycles. The average molecular weight is 323 g/mol. The van der Waals surface area contributed by atoms with Gasteiger partial charge in [-0.2, -0.15) is 5.10 Å². The summed E-state index contributed by atoms with van der Waals surface area (Å²) in [6.07, 6.45) is 2.83. The standard InChI is InChI=1S/C19H25N5/c1-14-16-5-3-4-15(13-24-10-8-23(2)9-11-24)17(16)12-19(21-14)18-6-7-20-22-18/h3-7,19H,8-13H2,1-2H3,(H,20,22). The van der Waals surface area contributed by atoms with E-state index in [0.717, 1.165) is 50.6 Å². The maximum Gasteiger partial charge on any atom is 0.0981 e. The molecule has 24 heavy (non-hydrogen) atoms. The fourth-order valence-electron chi connectivity index (χ4n) is 3.78. The molecule has 1 aromatic heterocycles. The van der Waals surface area contributed by atoms with E-state index in [9.17, 15) is 0 Å². The Bertz CT molecular complexity index is 726. The predicted octanol–water partition coefficient (Wildman–Crippen LogP) is 2.26. The van der Waals surface area contributed by atoms with Crippen molar-refractivity contribution < 1.29 is 0 Å². The van der Waals surface area contributed by atoms with Crippen LogP contribution in [0.1, 0.15) is 35.3 Å². The molecule has 0 saturated carbocycles. The zero-order valence-corrected chi connectivity index (χ0v) is 14.5. The largest absolute Gasteiger partial charge is 0.304 e. The van der Waals surface area contributed by atoms with Gasteiger partial charge in [-0.1, -0.05) is 18.2 Å². The molecule has 0 bridgehead atoms. The van der Waals surface area contributed by atoms with Crippen LogP contribution in [0, 0.1) is 0 Å². The van der Waals surface area contributed by atoms with Gasteiger partial charge < -0.3 is 4.90 Å². The average Bonchev–Trinajstić information content (AvgIpc) is 3.12. The molecule has 2 aromatic rings.